The molecule has 5 nitrogen and oxygen atoms in total. The van der Waals surface area contributed by atoms with Gasteiger partial charge in [-0.05, 0) is 62.5 Å². The van der Waals surface area contributed by atoms with Crippen LogP contribution in [0.5, 0.6) is 0 Å². The van der Waals surface area contributed by atoms with E-state index in [0.717, 1.165) is 31.0 Å². The Morgan fingerprint density at radius 2 is 1.80 bits per heavy atom. The van der Waals surface area contributed by atoms with E-state index in [0.29, 0.717) is 6.54 Å². The first kappa shape index (κ1) is 19.6. The first-order valence-electron chi connectivity index (χ1n) is 9.43. The maximum atomic E-state index is 12.2. The standard InChI is InChI=1S/C20H34N4O/c1-17-10-14-24(15-11-17)13-5-12-21-20(25)23(4)16-18-6-8-19(9-7-18)22(2)3/h6-9,17H,5,10-16H2,1-4H3,(H,21,25). The number of carbonyl (C=O) groups excluding carboxylic acids is 1. The summed E-state index contributed by atoms with van der Waals surface area (Å²) in [7, 11) is 5.90. The van der Waals surface area contributed by atoms with Gasteiger partial charge in [0.2, 0.25) is 0 Å². The Morgan fingerprint density at radius 3 is 2.40 bits per heavy atom. The molecule has 1 aliphatic heterocycles. The Bertz CT molecular complexity index is 521. The molecule has 0 aliphatic carbocycles. The summed E-state index contributed by atoms with van der Waals surface area (Å²) in [6.45, 7) is 7.21. The van der Waals surface area contributed by atoms with Crippen LogP contribution in [-0.4, -0.2) is 63.2 Å². The topological polar surface area (TPSA) is 38.8 Å². The first-order chi connectivity index (χ1) is 12.0. The SMILES string of the molecule is CC1CCN(CCCNC(=O)N(C)Cc2ccc(N(C)C)cc2)CC1. The molecule has 0 radical (unpaired) electrons. The number of carbonyl (C=O) groups is 1. The molecule has 0 saturated carbocycles. The number of benzene rings is 1. The van der Waals surface area contributed by atoms with Crippen LogP contribution in [0.15, 0.2) is 24.3 Å². The van der Waals surface area contributed by atoms with Crippen molar-refractivity contribution in [3.8, 4) is 0 Å². The summed E-state index contributed by atoms with van der Waals surface area (Å²) < 4.78 is 0. The van der Waals surface area contributed by atoms with E-state index in [-0.39, 0.29) is 6.03 Å². The third-order valence-corrected chi connectivity index (χ3v) is 5.02. The van der Waals surface area contributed by atoms with Gasteiger partial charge in [-0.1, -0.05) is 19.1 Å². The van der Waals surface area contributed by atoms with E-state index in [1.807, 2.05) is 21.1 Å². The van der Waals surface area contributed by atoms with Gasteiger partial charge in [0.15, 0.2) is 0 Å². The Morgan fingerprint density at radius 1 is 1.16 bits per heavy atom. The fourth-order valence-electron chi connectivity index (χ4n) is 3.16. The van der Waals surface area contributed by atoms with Crippen molar-refractivity contribution in [2.75, 3.05) is 52.2 Å². The average molecular weight is 347 g/mol. The summed E-state index contributed by atoms with van der Waals surface area (Å²) in [4.78, 5) is 18.5. The largest absolute Gasteiger partial charge is 0.378 e. The van der Waals surface area contributed by atoms with E-state index in [1.54, 1.807) is 4.90 Å². The number of rotatable bonds is 7. The van der Waals surface area contributed by atoms with Crippen molar-refractivity contribution in [1.29, 1.82) is 0 Å². The molecule has 0 unspecified atom stereocenters. The van der Waals surface area contributed by atoms with Crippen LogP contribution in [0.2, 0.25) is 0 Å². The van der Waals surface area contributed by atoms with Crippen molar-refractivity contribution in [2.45, 2.75) is 32.7 Å². The van der Waals surface area contributed by atoms with E-state index < -0.39 is 0 Å². The maximum Gasteiger partial charge on any atom is 0.317 e. The van der Waals surface area contributed by atoms with E-state index in [2.05, 4.69) is 46.3 Å². The number of likely N-dealkylation sites (tertiary alicyclic amines) is 1. The van der Waals surface area contributed by atoms with Crippen molar-refractivity contribution < 1.29 is 4.79 Å². The highest BCUT2D eigenvalue weighted by atomic mass is 16.2. The summed E-state index contributed by atoms with van der Waals surface area (Å²) >= 11 is 0. The number of amides is 2. The van der Waals surface area contributed by atoms with Gasteiger partial charge in [0.05, 0.1) is 0 Å². The predicted octanol–water partition coefficient (Wildman–Crippen LogP) is 3.02. The highest BCUT2D eigenvalue weighted by molar-refractivity contribution is 5.73. The van der Waals surface area contributed by atoms with Crippen LogP contribution in [0, 0.1) is 5.92 Å². The van der Waals surface area contributed by atoms with Gasteiger partial charge in [-0.15, -0.1) is 0 Å². The van der Waals surface area contributed by atoms with Crippen LogP contribution < -0.4 is 10.2 Å². The van der Waals surface area contributed by atoms with Crippen molar-refractivity contribution in [2.24, 2.45) is 5.92 Å². The molecule has 5 heteroatoms. The highest BCUT2D eigenvalue weighted by Crippen LogP contribution is 2.16. The molecule has 1 aromatic rings. The number of hydrogen-bond donors (Lipinski definition) is 1. The lowest BCUT2D eigenvalue weighted by Crippen LogP contribution is -2.39. The first-order valence-corrected chi connectivity index (χ1v) is 9.43. The average Bonchev–Trinajstić information content (AvgIpc) is 2.60. The second-order valence-electron chi connectivity index (χ2n) is 7.53. The lowest BCUT2D eigenvalue weighted by molar-refractivity contribution is 0.187. The molecular formula is C20H34N4O. The molecule has 1 saturated heterocycles. The Labute approximate surface area is 153 Å². The summed E-state index contributed by atoms with van der Waals surface area (Å²) in [5.41, 5.74) is 2.31. The van der Waals surface area contributed by atoms with Gasteiger partial charge in [0, 0.05) is 39.9 Å². The van der Waals surface area contributed by atoms with Gasteiger partial charge in [0.25, 0.3) is 0 Å². The molecule has 0 aromatic heterocycles. The van der Waals surface area contributed by atoms with Crippen molar-refractivity contribution in [3.63, 3.8) is 0 Å². The van der Waals surface area contributed by atoms with Crippen LogP contribution in [0.25, 0.3) is 0 Å². The molecule has 1 aromatic carbocycles. The van der Waals surface area contributed by atoms with E-state index in [4.69, 9.17) is 0 Å². The third kappa shape index (κ3) is 6.58. The van der Waals surface area contributed by atoms with Gasteiger partial charge < -0.3 is 20.0 Å². The van der Waals surface area contributed by atoms with Crippen LogP contribution in [-0.2, 0) is 6.54 Å². The minimum Gasteiger partial charge on any atom is -0.378 e. The van der Waals surface area contributed by atoms with Crippen LogP contribution in [0.4, 0.5) is 10.5 Å². The molecule has 25 heavy (non-hydrogen) atoms. The molecule has 140 valence electrons. The van der Waals surface area contributed by atoms with Gasteiger partial charge in [-0.3, -0.25) is 0 Å². The molecular weight excluding hydrogens is 312 g/mol. The van der Waals surface area contributed by atoms with Crippen molar-refractivity contribution >= 4 is 11.7 Å². The zero-order valence-corrected chi connectivity index (χ0v) is 16.3. The van der Waals surface area contributed by atoms with E-state index >= 15 is 0 Å². The van der Waals surface area contributed by atoms with E-state index in [1.165, 1.54) is 31.6 Å². The number of hydrogen-bond acceptors (Lipinski definition) is 3. The Hall–Kier alpha value is -1.75. The second kappa shape index (κ2) is 9.66. The zero-order valence-electron chi connectivity index (χ0n) is 16.3. The quantitative estimate of drug-likeness (QED) is 0.772. The lowest BCUT2D eigenvalue weighted by Gasteiger charge is -2.30. The zero-order chi connectivity index (χ0) is 18.2. The van der Waals surface area contributed by atoms with Crippen LogP contribution >= 0.6 is 0 Å². The molecule has 1 heterocycles. The smallest absolute Gasteiger partial charge is 0.317 e. The monoisotopic (exact) mass is 346 g/mol. The Kier molecular flexibility index (Phi) is 7.56. The van der Waals surface area contributed by atoms with Gasteiger partial charge in [-0.2, -0.15) is 0 Å². The number of urea groups is 1. The number of nitrogens with zero attached hydrogens (tertiary/aromatic N) is 3. The lowest BCUT2D eigenvalue weighted by atomic mass is 9.99. The molecule has 1 N–H and O–H groups in total. The van der Waals surface area contributed by atoms with Gasteiger partial charge in [-0.25, -0.2) is 4.79 Å². The summed E-state index contributed by atoms with van der Waals surface area (Å²) in [6, 6.07) is 8.33. The normalized spacial score (nSPS) is 15.8. The van der Waals surface area contributed by atoms with Crippen molar-refractivity contribution in [1.82, 2.24) is 15.1 Å². The van der Waals surface area contributed by atoms with Gasteiger partial charge in [0.1, 0.15) is 0 Å². The summed E-state index contributed by atoms with van der Waals surface area (Å²) in [6.07, 6.45) is 3.63. The predicted molar refractivity (Wildman–Crippen MR) is 105 cm³/mol. The molecule has 1 fully saturated rings. The number of nitrogens with one attached hydrogen (secondary N) is 1. The number of anilines is 1. The second-order valence-corrected chi connectivity index (χ2v) is 7.53. The molecule has 2 rings (SSSR count). The molecule has 0 spiro atoms. The minimum absolute atomic E-state index is 0.00366. The van der Waals surface area contributed by atoms with Gasteiger partial charge >= 0.3 is 6.03 Å². The maximum absolute atomic E-state index is 12.2. The van der Waals surface area contributed by atoms with Crippen LogP contribution in [0.1, 0.15) is 31.7 Å². The van der Waals surface area contributed by atoms with Crippen molar-refractivity contribution in [3.05, 3.63) is 29.8 Å². The third-order valence-electron chi connectivity index (χ3n) is 5.02. The van der Waals surface area contributed by atoms with E-state index in [9.17, 15) is 4.79 Å². The molecule has 2 amide bonds. The fraction of sp³-hybridized carbons (Fsp3) is 0.650. The molecule has 0 bridgehead atoms. The summed E-state index contributed by atoms with van der Waals surface area (Å²) in [5.74, 6) is 0.872. The fourth-order valence-corrected chi connectivity index (χ4v) is 3.16. The Balaban J connectivity index is 1.64. The molecule has 0 atom stereocenters. The molecule has 1 aliphatic rings. The van der Waals surface area contributed by atoms with Crippen LogP contribution in [0.3, 0.4) is 0 Å². The summed E-state index contributed by atoms with van der Waals surface area (Å²) in [5, 5.41) is 3.03. The highest BCUT2D eigenvalue weighted by Gasteiger charge is 2.15. The number of piperidine rings is 1. The minimum atomic E-state index is 0.00366.